The van der Waals surface area contributed by atoms with E-state index >= 15 is 0 Å². The highest BCUT2D eigenvalue weighted by Gasteiger charge is 2.28. The van der Waals surface area contributed by atoms with E-state index in [2.05, 4.69) is 0 Å². The fraction of sp³-hybridized carbons (Fsp3) is 0.143. The molecule has 6 nitrogen and oxygen atoms in total. The molecule has 0 saturated heterocycles. The Hall–Kier alpha value is -2.30. The van der Waals surface area contributed by atoms with Gasteiger partial charge < -0.3 is 4.98 Å². The molecule has 0 atom stereocenters. The van der Waals surface area contributed by atoms with E-state index in [0.29, 0.717) is 6.20 Å². The molecule has 0 aliphatic carbocycles. The van der Waals surface area contributed by atoms with Crippen LogP contribution in [0.2, 0.25) is 0 Å². The van der Waals surface area contributed by atoms with Gasteiger partial charge in [0.1, 0.15) is 11.6 Å². The van der Waals surface area contributed by atoms with Gasteiger partial charge in [-0.15, -0.1) is 0 Å². The van der Waals surface area contributed by atoms with Gasteiger partial charge >= 0.3 is 5.69 Å². The molecular weight excluding hydrogens is 212 g/mol. The number of nitro groups is 1. The van der Waals surface area contributed by atoms with Crippen molar-refractivity contribution in [3.8, 4) is 6.07 Å². The molecule has 0 amide bonds. The quantitative estimate of drug-likeness (QED) is 0.589. The molecule has 1 aromatic heterocycles. The van der Waals surface area contributed by atoms with Crippen LogP contribution >= 0.6 is 0 Å². The SMILES string of the molecule is N#Cc1c([N+](=O)[O-])c(C(F)F)c[nH]c1=O. The fourth-order valence-electron chi connectivity index (χ4n) is 1.00. The van der Waals surface area contributed by atoms with Gasteiger partial charge in [-0.25, -0.2) is 8.78 Å². The molecule has 0 unspecified atom stereocenters. The number of halogens is 2. The number of nitrogens with one attached hydrogen (secondary N) is 1. The number of pyridine rings is 1. The number of aromatic nitrogens is 1. The van der Waals surface area contributed by atoms with Crippen LogP contribution in [-0.4, -0.2) is 9.91 Å². The molecule has 0 aliphatic heterocycles. The number of hydrogen-bond donors (Lipinski definition) is 1. The molecule has 0 fully saturated rings. The van der Waals surface area contributed by atoms with Crippen molar-refractivity contribution in [2.24, 2.45) is 0 Å². The normalized spacial score (nSPS) is 10.0. The molecule has 0 saturated carbocycles. The van der Waals surface area contributed by atoms with Crippen LogP contribution in [0.1, 0.15) is 17.6 Å². The maximum atomic E-state index is 12.3. The number of rotatable bonds is 2. The number of hydrogen-bond acceptors (Lipinski definition) is 4. The molecule has 1 N–H and O–H groups in total. The summed E-state index contributed by atoms with van der Waals surface area (Å²) >= 11 is 0. The number of aromatic amines is 1. The van der Waals surface area contributed by atoms with Gasteiger partial charge in [-0.1, -0.05) is 0 Å². The first-order chi connectivity index (χ1) is 6.99. The van der Waals surface area contributed by atoms with Crippen molar-refractivity contribution in [3.63, 3.8) is 0 Å². The molecule has 0 aliphatic rings. The van der Waals surface area contributed by atoms with Crippen molar-refractivity contribution in [2.75, 3.05) is 0 Å². The molecule has 1 aromatic rings. The maximum Gasteiger partial charge on any atom is 0.303 e. The molecular formula is C7H3F2N3O3. The minimum Gasteiger partial charge on any atom is -0.327 e. The van der Waals surface area contributed by atoms with Gasteiger partial charge in [-0.05, 0) is 0 Å². The molecule has 78 valence electrons. The lowest BCUT2D eigenvalue weighted by molar-refractivity contribution is -0.386. The summed E-state index contributed by atoms with van der Waals surface area (Å²) in [6.45, 7) is 0. The van der Waals surface area contributed by atoms with E-state index in [-0.39, 0.29) is 0 Å². The van der Waals surface area contributed by atoms with Crippen LogP contribution in [0.3, 0.4) is 0 Å². The van der Waals surface area contributed by atoms with Crippen molar-refractivity contribution in [3.05, 3.63) is 37.8 Å². The molecule has 0 aromatic carbocycles. The fourth-order valence-corrected chi connectivity index (χ4v) is 1.00. The van der Waals surface area contributed by atoms with Gasteiger partial charge in [0.25, 0.3) is 12.0 Å². The smallest absolute Gasteiger partial charge is 0.303 e. The second-order valence-corrected chi connectivity index (χ2v) is 2.47. The first kappa shape index (κ1) is 10.8. The first-order valence-electron chi connectivity index (χ1n) is 3.57. The maximum absolute atomic E-state index is 12.3. The zero-order valence-corrected chi connectivity index (χ0v) is 7.03. The van der Waals surface area contributed by atoms with E-state index in [4.69, 9.17) is 5.26 Å². The molecule has 15 heavy (non-hydrogen) atoms. The highest BCUT2D eigenvalue weighted by atomic mass is 19.3. The van der Waals surface area contributed by atoms with Gasteiger partial charge in [-0.3, -0.25) is 14.9 Å². The third kappa shape index (κ3) is 1.80. The monoisotopic (exact) mass is 215 g/mol. The standard InChI is InChI=1S/C7H3F2N3O3/c8-6(9)4-2-11-7(13)3(1-10)5(4)12(14)15/h2,6H,(H,11,13). The molecule has 0 spiro atoms. The van der Waals surface area contributed by atoms with E-state index < -0.39 is 33.7 Å². The van der Waals surface area contributed by atoms with Gasteiger partial charge in [0.15, 0.2) is 5.56 Å². The van der Waals surface area contributed by atoms with E-state index in [1.165, 1.54) is 6.07 Å². The summed E-state index contributed by atoms with van der Waals surface area (Å²) in [5.74, 6) is 0. The number of alkyl halides is 2. The van der Waals surface area contributed by atoms with Crippen molar-refractivity contribution < 1.29 is 13.7 Å². The lowest BCUT2D eigenvalue weighted by Crippen LogP contribution is -2.14. The largest absolute Gasteiger partial charge is 0.327 e. The predicted molar refractivity (Wildman–Crippen MR) is 43.4 cm³/mol. The summed E-state index contributed by atoms with van der Waals surface area (Å²) in [5, 5.41) is 18.9. The minimum atomic E-state index is -3.13. The average molecular weight is 215 g/mol. The van der Waals surface area contributed by atoms with Crippen LogP contribution in [0, 0.1) is 21.4 Å². The van der Waals surface area contributed by atoms with Crippen molar-refractivity contribution in [2.45, 2.75) is 6.43 Å². The Balaban J connectivity index is 3.66. The third-order valence-electron chi connectivity index (χ3n) is 1.63. The summed E-state index contributed by atoms with van der Waals surface area (Å²) in [6.07, 6.45) is -2.60. The number of nitriles is 1. The summed E-state index contributed by atoms with van der Waals surface area (Å²) < 4.78 is 24.6. The van der Waals surface area contributed by atoms with E-state index in [9.17, 15) is 23.7 Å². The molecule has 1 heterocycles. The molecule has 0 radical (unpaired) electrons. The number of H-pyrrole nitrogens is 1. The second kappa shape index (κ2) is 3.83. The topological polar surface area (TPSA) is 99.8 Å². The third-order valence-corrected chi connectivity index (χ3v) is 1.63. The van der Waals surface area contributed by atoms with Gasteiger partial charge in [0, 0.05) is 6.20 Å². The Kier molecular flexibility index (Phi) is 2.75. The van der Waals surface area contributed by atoms with Crippen LogP contribution in [0.4, 0.5) is 14.5 Å². The van der Waals surface area contributed by atoms with Crippen molar-refractivity contribution in [1.29, 1.82) is 5.26 Å². The highest BCUT2D eigenvalue weighted by molar-refractivity contribution is 5.52. The Morgan fingerprint density at radius 3 is 2.60 bits per heavy atom. The summed E-state index contributed by atoms with van der Waals surface area (Å²) in [7, 11) is 0. The zero-order valence-electron chi connectivity index (χ0n) is 7.03. The Morgan fingerprint density at radius 2 is 2.20 bits per heavy atom. The molecule has 8 heteroatoms. The predicted octanol–water partition coefficient (Wildman–Crippen LogP) is 1.09. The highest BCUT2D eigenvalue weighted by Crippen LogP contribution is 2.28. The first-order valence-corrected chi connectivity index (χ1v) is 3.57. The average Bonchev–Trinajstić information content (AvgIpc) is 2.16. The summed E-state index contributed by atoms with van der Waals surface area (Å²) in [5.41, 5.74) is -4.10. The Bertz CT molecular complexity index is 503. The second-order valence-electron chi connectivity index (χ2n) is 2.47. The Labute approximate surface area is 80.9 Å². The van der Waals surface area contributed by atoms with Crippen LogP contribution in [-0.2, 0) is 0 Å². The zero-order chi connectivity index (χ0) is 11.6. The van der Waals surface area contributed by atoms with Crippen molar-refractivity contribution in [1.82, 2.24) is 4.98 Å². The van der Waals surface area contributed by atoms with Crippen LogP contribution in [0.25, 0.3) is 0 Å². The molecule has 0 bridgehead atoms. The molecule has 1 rings (SSSR count). The van der Waals surface area contributed by atoms with Crippen LogP contribution in [0.15, 0.2) is 11.0 Å². The summed E-state index contributed by atoms with van der Waals surface area (Å²) in [4.78, 5) is 22.0. The number of nitrogens with zero attached hydrogens (tertiary/aromatic N) is 2. The van der Waals surface area contributed by atoms with Gasteiger partial charge in [-0.2, -0.15) is 5.26 Å². The van der Waals surface area contributed by atoms with E-state index in [0.717, 1.165) is 0 Å². The van der Waals surface area contributed by atoms with Gasteiger partial charge in [0.2, 0.25) is 0 Å². The van der Waals surface area contributed by atoms with E-state index in [1.54, 1.807) is 0 Å². The lowest BCUT2D eigenvalue weighted by atomic mass is 10.1. The Morgan fingerprint density at radius 1 is 1.60 bits per heavy atom. The van der Waals surface area contributed by atoms with E-state index in [1.807, 2.05) is 4.98 Å². The van der Waals surface area contributed by atoms with Gasteiger partial charge in [0.05, 0.1) is 4.92 Å². The van der Waals surface area contributed by atoms with Crippen molar-refractivity contribution >= 4 is 5.69 Å². The van der Waals surface area contributed by atoms with Crippen LogP contribution in [0.5, 0.6) is 0 Å². The summed E-state index contributed by atoms with van der Waals surface area (Å²) in [6, 6.07) is 1.22. The van der Waals surface area contributed by atoms with Crippen LogP contribution < -0.4 is 5.56 Å². The minimum absolute atomic E-state index is 0.534. The lowest BCUT2D eigenvalue weighted by Gasteiger charge is -2.01.